The standard InChI is InChI=1S/C28H31Cl2N3O4S/c1-5-31-28(35)21(4)32(17-22-9-7-6-8-20(22)3)27(34)18-33(25-15-23(29)14-24(30)16-25)38(36,37)26-12-10-19(2)11-13-26/h6-16,21H,5,17-18H2,1-4H3,(H,31,35)/t21-/m1/s1. The van der Waals surface area contributed by atoms with Gasteiger partial charge in [-0.15, -0.1) is 0 Å². The van der Waals surface area contributed by atoms with Crippen molar-refractivity contribution in [2.24, 2.45) is 0 Å². The van der Waals surface area contributed by atoms with Gasteiger partial charge in [-0.25, -0.2) is 8.42 Å². The fourth-order valence-electron chi connectivity index (χ4n) is 3.93. The van der Waals surface area contributed by atoms with Crippen LogP contribution in [0, 0.1) is 13.8 Å². The largest absolute Gasteiger partial charge is 0.355 e. The van der Waals surface area contributed by atoms with Crippen LogP contribution in [-0.4, -0.2) is 44.3 Å². The number of nitrogens with one attached hydrogen (secondary N) is 1. The fourth-order valence-corrected chi connectivity index (χ4v) is 5.84. The van der Waals surface area contributed by atoms with Crippen LogP contribution >= 0.6 is 23.2 Å². The van der Waals surface area contributed by atoms with Gasteiger partial charge in [0.25, 0.3) is 10.0 Å². The van der Waals surface area contributed by atoms with E-state index in [1.165, 1.54) is 35.2 Å². The minimum atomic E-state index is -4.20. The molecule has 0 fully saturated rings. The molecule has 0 spiro atoms. The Bertz CT molecular complexity index is 1390. The maximum Gasteiger partial charge on any atom is 0.264 e. The Hall–Kier alpha value is -3.07. The summed E-state index contributed by atoms with van der Waals surface area (Å²) >= 11 is 12.4. The van der Waals surface area contributed by atoms with Crippen molar-refractivity contribution in [3.63, 3.8) is 0 Å². The fraction of sp³-hybridized carbons (Fsp3) is 0.286. The molecule has 3 rings (SSSR count). The lowest BCUT2D eigenvalue weighted by Crippen LogP contribution is -2.51. The van der Waals surface area contributed by atoms with Crippen molar-refractivity contribution in [1.29, 1.82) is 0 Å². The van der Waals surface area contributed by atoms with Crippen molar-refractivity contribution in [1.82, 2.24) is 10.2 Å². The normalized spacial score (nSPS) is 12.1. The number of carbonyl (C=O) groups is 2. The molecule has 3 aromatic carbocycles. The van der Waals surface area contributed by atoms with E-state index in [0.29, 0.717) is 6.54 Å². The molecule has 0 unspecified atom stereocenters. The van der Waals surface area contributed by atoms with E-state index in [-0.39, 0.29) is 33.1 Å². The summed E-state index contributed by atoms with van der Waals surface area (Å²) in [5.41, 5.74) is 2.81. The Morgan fingerprint density at radius 3 is 2.13 bits per heavy atom. The monoisotopic (exact) mass is 575 g/mol. The van der Waals surface area contributed by atoms with Crippen molar-refractivity contribution >= 4 is 50.7 Å². The van der Waals surface area contributed by atoms with Crippen molar-refractivity contribution in [2.75, 3.05) is 17.4 Å². The molecule has 7 nitrogen and oxygen atoms in total. The Balaban J connectivity index is 2.08. The number of benzene rings is 3. The van der Waals surface area contributed by atoms with Crippen LogP contribution < -0.4 is 9.62 Å². The van der Waals surface area contributed by atoms with Gasteiger partial charge in [0.1, 0.15) is 12.6 Å². The highest BCUT2D eigenvalue weighted by Gasteiger charge is 2.33. The van der Waals surface area contributed by atoms with E-state index < -0.39 is 28.5 Å². The number of nitrogens with zero attached hydrogens (tertiary/aromatic N) is 2. The van der Waals surface area contributed by atoms with Crippen LogP contribution in [-0.2, 0) is 26.2 Å². The lowest BCUT2D eigenvalue weighted by Gasteiger charge is -2.32. The van der Waals surface area contributed by atoms with Gasteiger partial charge < -0.3 is 10.2 Å². The van der Waals surface area contributed by atoms with Gasteiger partial charge in [0.15, 0.2) is 0 Å². The van der Waals surface area contributed by atoms with Gasteiger partial charge >= 0.3 is 0 Å². The first-order chi connectivity index (χ1) is 17.9. The minimum Gasteiger partial charge on any atom is -0.355 e. The molecule has 0 saturated carbocycles. The summed E-state index contributed by atoms with van der Waals surface area (Å²) < 4.78 is 28.6. The highest BCUT2D eigenvalue weighted by atomic mass is 35.5. The number of amides is 2. The molecule has 0 aliphatic carbocycles. The third-order valence-electron chi connectivity index (χ3n) is 6.14. The third kappa shape index (κ3) is 7.07. The molecule has 1 N–H and O–H groups in total. The molecule has 2 amide bonds. The first-order valence-corrected chi connectivity index (χ1v) is 14.3. The molecule has 0 aliphatic heterocycles. The Kier molecular flexibility index (Phi) is 9.82. The summed E-state index contributed by atoms with van der Waals surface area (Å²) in [7, 11) is -4.20. The van der Waals surface area contributed by atoms with Gasteiger partial charge in [0.2, 0.25) is 11.8 Å². The molecule has 3 aromatic rings. The first kappa shape index (κ1) is 29.5. The molecular formula is C28H31Cl2N3O4S. The van der Waals surface area contributed by atoms with E-state index in [9.17, 15) is 18.0 Å². The zero-order chi connectivity index (χ0) is 28.0. The van der Waals surface area contributed by atoms with Crippen molar-refractivity contribution in [2.45, 2.75) is 45.2 Å². The minimum absolute atomic E-state index is 0.00854. The molecule has 1 atom stereocenters. The number of carbonyl (C=O) groups excluding carboxylic acids is 2. The number of hydrogen-bond acceptors (Lipinski definition) is 4. The molecule has 0 saturated heterocycles. The third-order valence-corrected chi connectivity index (χ3v) is 8.37. The second-order valence-corrected chi connectivity index (χ2v) is 11.7. The highest BCUT2D eigenvalue weighted by Crippen LogP contribution is 2.30. The Morgan fingerprint density at radius 2 is 1.55 bits per heavy atom. The number of halogens is 2. The van der Waals surface area contributed by atoms with E-state index in [1.54, 1.807) is 26.0 Å². The molecule has 0 heterocycles. The molecule has 0 bridgehead atoms. The zero-order valence-electron chi connectivity index (χ0n) is 21.7. The maximum atomic E-state index is 13.9. The van der Waals surface area contributed by atoms with E-state index in [2.05, 4.69) is 5.32 Å². The van der Waals surface area contributed by atoms with E-state index in [4.69, 9.17) is 23.2 Å². The van der Waals surface area contributed by atoms with Gasteiger partial charge in [0, 0.05) is 23.1 Å². The Morgan fingerprint density at radius 1 is 0.947 bits per heavy atom. The SMILES string of the molecule is CCNC(=O)[C@@H](C)N(Cc1ccccc1C)C(=O)CN(c1cc(Cl)cc(Cl)c1)S(=O)(=O)c1ccc(C)cc1. The van der Waals surface area contributed by atoms with Gasteiger partial charge in [-0.05, 0) is 69.2 Å². The number of rotatable bonds is 10. The maximum absolute atomic E-state index is 13.9. The molecule has 0 radical (unpaired) electrons. The summed E-state index contributed by atoms with van der Waals surface area (Å²) in [6, 6.07) is 17.3. The number of likely N-dealkylation sites (N-methyl/N-ethyl adjacent to an activating group) is 1. The smallest absolute Gasteiger partial charge is 0.264 e. The van der Waals surface area contributed by atoms with E-state index in [1.807, 2.05) is 38.1 Å². The first-order valence-electron chi connectivity index (χ1n) is 12.1. The van der Waals surface area contributed by atoms with Crippen molar-refractivity contribution in [3.8, 4) is 0 Å². The molecule has 38 heavy (non-hydrogen) atoms. The van der Waals surface area contributed by atoms with E-state index >= 15 is 0 Å². The van der Waals surface area contributed by atoms with Crippen LogP contribution in [0.25, 0.3) is 0 Å². The number of anilines is 1. The summed E-state index contributed by atoms with van der Waals surface area (Å²) in [5, 5.41) is 3.18. The quantitative estimate of drug-likeness (QED) is 0.352. The number of aryl methyl sites for hydroxylation is 2. The summed E-state index contributed by atoms with van der Waals surface area (Å²) in [4.78, 5) is 28.1. The average Bonchev–Trinajstić information content (AvgIpc) is 2.86. The van der Waals surface area contributed by atoms with Gasteiger partial charge in [-0.2, -0.15) is 0 Å². The lowest BCUT2D eigenvalue weighted by atomic mass is 10.1. The molecular weight excluding hydrogens is 545 g/mol. The van der Waals surface area contributed by atoms with Gasteiger partial charge in [-0.1, -0.05) is 65.2 Å². The molecule has 10 heteroatoms. The van der Waals surface area contributed by atoms with Crippen LogP contribution in [0.3, 0.4) is 0 Å². The molecule has 0 aliphatic rings. The van der Waals surface area contributed by atoms with Crippen LogP contribution in [0.2, 0.25) is 10.0 Å². The van der Waals surface area contributed by atoms with Crippen LogP contribution in [0.4, 0.5) is 5.69 Å². The predicted octanol–water partition coefficient (Wildman–Crippen LogP) is 5.36. The summed E-state index contributed by atoms with van der Waals surface area (Å²) in [6.07, 6.45) is 0. The second kappa shape index (κ2) is 12.7. The summed E-state index contributed by atoms with van der Waals surface area (Å²) in [6.45, 7) is 7.12. The topological polar surface area (TPSA) is 86.8 Å². The molecule has 202 valence electrons. The van der Waals surface area contributed by atoms with Crippen LogP contribution in [0.5, 0.6) is 0 Å². The predicted molar refractivity (Wildman–Crippen MR) is 152 cm³/mol. The number of hydrogen-bond donors (Lipinski definition) is 1. The lowest BCUT2D eigenvalue weighted by molar-refractivity contribution is -0.139. The van der Waals surface area contributed by atoms with Crippen molar-refractivity contribution < 1.29 is 18.0 Å². The second-order valence-electron chi connectivity index (χ2n) is 8.97. The van der Waals surface area contributed by atoms with E-state index in [0.717, 1.165) is 21.0 Å². The highest BCUT2D eigenvalue weighted by molar-refractivity contribution is 7.92. The van der Waals surface area contributed by atoms with Gasteiger partial charge in [-0.3, -0.25) is 13.9 Å². The van der Waals surface area contributed by atoms with Crippen LogP contribution in [0.1, 0.15) is 30.5 Å². The zero-order valence-corrected chi connectivity index (χ0v) is 24.1. The molecule has 0 aromatic heterocycles. The summed E-state index contributed by atoms with van der Waals surface area (Å²) in [5.74, 6) is -0.896. The van der Waals surface area contributed by atoms with Crippen LogP contribution in [0.15, 0.2) is 71.6 Å². The van der Waals surface area contributed by atoms with Crippen molar-refractivity contribution in [3.05, 3.63) is 93.5 Å². The Labute approximate surface area is 234 Å². The number of sulfonamides is 1. The average molecular weight is 577 g/mol. The van der Waals surface area contributed by atoms with Gasteiger partial charge in [0.05, 0.1) is 10.6 Å².